The van der Waals surface area contributed by atoms with Crippen LogP contribution in [0.1, 0.15) is 32.3 Å². The van der Waals surface area contributed by atoms with Crippen LogP contribution < -0.4 is 16.2 Å². The Labute approximate surface area is 178 Å². The highest BCUT2D eigenvalue weighted by atomic mass is 32.2. The fourth-order valence-corrected chi connectivity index (χ4v) is 3.99. The predicted molar refractivity (Wildman–Crippen MR) is 119 cm³/mol. The third kappa shape index (κ3) is 4.38. The smallest absolute Gasteiger partial charge is 0.321 e. The first-order valence-corrected chi connectivity index (χ1v) is 10.5. The molecule has 7 nitrogen and oxygen atoms in total. The molecule has 3 aromatic rings. The molecular formula is C22H24N4O3S. The molecule has 1 atom stereocenters. The quantitative estimate of drug-likeness (QED) is 0.483. The van der Waals surface area contributed by atoms with Crippen molar-refractivity contribution in [1.29, 1.82) is 0 Å². The van der Waals surface area contributed by atoms with E-state index in [2.05, 4.69) is 29.5 Å². The van der Waals surface area contributed by atoms with Crippen LogP contribution in [0.5, 0.6) is 0 Å². The molecule has 0 aliphatic rings. The maximum absolute atomic E-state index is 13.4. The number of urea groups is 1. The van der Waals surface area contributed by atoms with E-state index in [1.807, 2.05) is 30.3 Å². The third-order valence-corrected chi connectivity index (χ3v) is 5.71. The van der Waals surface area contributed by atoms with Gasteiger partial charge in [0.2, 0.25) is 5.91 Å². The van der Waals surface area contributed by atoms with E-state index < -0.39 is 17.2 Å². The maximum atomic E-state index is 13.4. The van der Waals surface area contributed by atoms with Gasteiger partial charge in [-0.3, -0.25) is 19.5 Å². The number of hydrogen-bond acceptors (Lipinski definition) is 5. The van der Waals surface area contributed by atoms with Gasteiger partial charge >= 0.3 is 6.03 Å². The van der Waals surface area contributed by atoms with Gasteiger partial charge in [0, 0.05) is 7.05 Å². The summed E-state index contributed by atoms with van der Waals surface area (Å²) in [6.07, 6.45) is 0. The Morgan fingerprint density at radius 2 is 1.70 bits per heavy atom. The topological polar surface area (TPSA) is 93.1 Å². The van der Waals surface area contributed by atoms with Crippen molar-refractivity contribution in [3.05, 3.63) is 64.4 Å². The molecule has 1 heterocycles. The van der Waals surface area contributed by atoms with Gasteiger partial charge in [-0.15, -0.1) is 0 Å². The molecule has 0 spiro atoms. The highest BCUT2D eigenvalue weighted by Gasteiger charge is 2.22. The number of carbonyl (C=O) groups excluding carboxylic acids is 2. The van der Waals surface area contributed by atoms with Gasteiger partial charge in [-0.05, 0) is 36.6 Å². The molecule has 0 aliphatic heterocycles. The summed E-state index contributed by atoms with van der Waals surface area (Å²) in [7, 11) is 1.44. The van der Waals surface area contributed by atoms with Crippen LogP contribution in [-0.4, -0.2) is 33.8 Å². The Kier molecular flexibility index (Phi) is 6.56. The summed E-state index contributed by atoms with van der Waals surface area (Å²) in [5.74, 6) is -0.281. The van der Waals surface area contributed by atoms with Gasteiger partial charge in [-0.25, -0.2) is 9.78 Å². The molecule has 3 amide bonds. The lowest BCUT2D eigenvalue weighted by Crippen LogP contribution is -2.41. The molecule has 156 valence electrons. The van der Waals surface area contributed by atoms with Crippen molar-refractivity contribution in [1.82, 2.24) is 20.2 Å². The number of aromatic nitrogens is 2. The molecule has 1 unspecified atom stereocenters. The van der Waals surface area contributed by atoms with Crippen molar-refractivity contribution in [2.45, 2.75) is 37.1 Å². The molecule has 0 radical (unpaired) electrons. The zero-order chi connectivity index (χ0) is 21.8. The average Bonchev–Trinajstić information content (AvgIpc) is 2.73. The van der Waals surface area contributed by atoms with Gasteiger partial charge in [-0.1, -0.05) is 55.9 Å². The van der Waals surface area contributed by atoms with E-state index in [0.717, 1.165) is 23.0 Å². The highest BCUT2D eigenvalue weighted by molar-refractivity contribution is 8.00. The van der Waals surface area contributed by atoms with Crippen LogP contribution in [0.25, 0.3) is 16.6 Å². The Balaban J connectivity index is 2.17. The van der Waals surface area contributed by atoms with E-state index >= 15 is 0 Å². The van der Waals surface area contributed by atoms with E-state index in [4.69, 9.17) is 0 Å². The number of carbonyl (C=O) groups is 2. The number of para-hydroxylation sites is 2. The first kappa shape index (κ1) is 21.6. The second-order valence-corrected chi connectivity index (χ2v) is 8.40. The average molecular weight is 425 g/mol. The van der Waals surface area contributed by atoms with Crippen molar-refractivity contribution < 1.29 is 9.59 Å². The fourth-order valence-electron chi connectivity index (χ4n) is 3.07. The van der Waals surface area contributed by atoms with Crippen molar-refractivity contribution in [3.8, 4) is 5.69 Å². The van der Waals surface area contributed by atoms with Crippen molar-refractivity contribution in [2.24, 2.45) is 0 Å². The normalized spacial score (nSPS) is 12.0. The predicted octanol–water partition coefficient (Wildman–Crippen LogP) is 3.45. The molecule has 0 saturated carbocycles. The lowest BCUT2D eigenvalue weighted by molar-refractivity contribution is -0.119. The largest absolute Gasteiger partial charge is 0.341 e. The zero-order valence-electron chi connectivity index (χ0n) is 17.3. The summed E-state index contributed by atoms with van der Waals surface area (Å²) in [6, 6.07) is 14.2. The van der Waals surface area contributed by atoms with E-state index in [9.17, 15) is 14.4 Å². The number of fused-ring (bicyclic) bond motifs is 1. The summed E-state index contributed by atoms with van der Waals surface area (Å²) in [5, 5.41) is 4.87. The van der Waals surface area contributed by atoms with Crippen LogP contribution >= 0.6 is 11.8 Å². The Morgan fingerprint density at radius 1 is 1.03 bits per heavy atom. The molecule has 3 rings (SSSR count). The maximum Gasteiger partial charge on any atom is 0.321 e. The number of benzene rings is 2. The van der Waals surface area contributed by atoms with Gasteiger partial charge in [0.05, 0.1) is 21.8 Å². The number of imide groups is 1. The lowest BCUT2D eigenvalue weighted by Gasteiger charge is -2.19. The van der Waals surface area contributed by atoms with Crippen LogP contribution in [0.3, 0.4) is 0 Å². The zero-order valence-corrected chi connectivity index (χ0v) is 18.1. The third-order valence-electron chi connectivity index (χ3n) is 4.66. The number of nitrogens with zero attached hydrogens (tertiary/aromatic N) is 2. The van der Waals surface area contributed by atoms with Gasteiger partial charge < -0.3 is 5.32 Å². The number of thioether (sulfide) groups is 1. The van der Waals surface area contributed by atoms with Crippen LogP contribution in [0.4, 0.5) is 4.79 Å². The van der Waals surface area contributed by atoms with Gasteiger partial charge in [0.15, 0.2) is 5.16 Å². The van der Waals surface area contributed by atoms with Crippen LogP contribution in [0.15, 0.2) is 58.5 Å². The first-order chi connectivity index (χ1) is 14.3. The van der Waals surface area contributed by atoms with Crippen LogP contribution in [0, 0.1) is 0 Å². The molecule has 8 heteroatoms. The standard InChI is InChI=1S/C22H24N4O3S/c1-13(2)15-9-6-8-12-18(15)26-20(28)16-10-5-7-11-17(16)24-22(26)30-14(3)19(27)25-21(29)23-4/h5-14H,1-4H3,(H2,23,25,27,29). The SMILES string of the molecule is CNC(=O)NC(=O)C(C)Sc1nc2ccccc2c(=O)n1-c1ccccc1C(C)C. The number of amides is 3. The van der Waals surface area contributed by atoms with Gasteiger partial charge in [0.25, 0.3) is 5.56 Å². The van der Waals surface area contributed by atoms with Crippen molar-refractivity contribution in [3.63, 3.8) is 0 Å². The minimum absolute atomic E-state index is 0.186. The van der Waals surface area contributed by atoms with Gasteiger partial charge in [0.1, 0.15) is 0 Å². The van der Waals surface area contributed by atoms with Crippen molar-refractivity contribution >= 4 is 34.6 Å². The van der Waals surface area contributed by atoms with E-state index in [1.165, 1.54) is 7.05 Å². The Bertz CT molecular complexity index is 1160. The highest BCUT2D eigenvalue weighted by Crippen LogP contribution is 2.29. The molecule has 2 aromatic carbocycles. The number of nitrogens with one attached hydrogen (secondary N) is 2. The molecule has 30 heavy (non-hydrogen) atoms. The minimum atomic E-state index is -0.646. The Hall–Kier alpha value is -3.13. The number of hydrogen-bond donors (Lipinski definition) is 2. The summed E-state index contributed by atoms with van der Waals surface area (Å²) < 4.78 is 1.56. The lowest BCUT2D eigenvalue weighted by atomic mass is 10.0. The second-order valence-electron chi connectivity index (χ2n) is 7.09. The van der Waals surface area contributed by atoms with E-state index in [0.29, 0.717) is 16.1 Å². The molecule has 0 fully saturated rings. The molecular weight excluding hydrogens is 400 g/mol. The van der Waals surface area contributed by atoms with Crippen molar-refractivity contribution in [2.75, 3.05) is 7.05 Å². The molecule has 0 bridgehead atoms. The first-order valence-electron chi connectivity index (χ1n) is 9.63. The van der Waals surface area contributed by atoms with E-state index in [-0.39, 0.29) is 11.5 Å². The van der Waals surface area contributed by atoms with E-state index in [1.54, 1.807) is 29.7 Å². The molecule has 1 aromatic heterocycles. The second kappa shape index (κ2) is 9.13. The fraction of sp³-hybridized carbons (Fsp3) is 0.273. The summed E-state index contributed by atoms with van der Waals surface area (Å²) in [5.41, 5.74) is 2.09. The molecule has 2 N–H and O–H groups in total. The summed E-state index contributed by atoms with van der Waals surface area (Å²) >= 11 is 1.13. The number of rotatable bonds is 5. The van der Waals surface area contributed by atoms with Crippen LogP contribution in [0.2, 0.25) is 0 Å². The minimum Gasteiger partial charge on any atom is -0.341 e. The Morgan fingerprint density at radius 3 is 2.40 bits per heavy atom. The van der Waals surface area contributed by atoms with Gasteiger partial charge in [-0.2, -0.15) is 0 Å². The van der Waals surface area contributed by atoms with Crippen LogP contribution in [-0.2, 0) is 4.79 Å². The molecule has 0 saturated heterocycles. The monoisotopic (exact) mass is 424 g/mol. The molecule has 0 aliphatic carbocycles. The summed E-state index contributed by atoms with van der Waals surface area (Å²) in [6.45, 7) is 5.79. The summed E-state index contributed by atoms with van der Waals surface area (Å²) in [4.78, 5) is 42.0.